The van der Waals surface area contributed by atoms with E-state index in [-0.39, 0.29) is 28.6 Å². The molecule has 3 atom stereocenters. The Bertz CT molecular complexity index is 803. The van der Waals surface area contributed by atoms with E-state index in [4.69, 9.17) is 23.2 Å². The van der Waals surface area contributed by atoms with Crippen molar-refractivity contribution >= 4 is 35.0 Å². The molecule has 158 valence electrons. The molecule has 1 aromatic rings. The van der Waals surface area contributed by atoms with Crippen LogP contribution in [0.1, 0.15) is 24.8 Å². The third-order valence-corrected chi connectivity index (χ3v) is 6.91. The van der Waals surface area contributed by atoms with Crippen LogP contribution in [0.25, 0.3) is 0 Å². The van der Waals surface area contributed by atoms with Gasteiger partial charge in [0.05, 0.1) is 11.1 Å². The number of halogens is 3. The molecule has 0 radical (unpaired) electrons. The van der Waals surface area contributed by atoms with Crippen LogP contribution < -0.4 is 5.32 Å². The van der Waals surface area contributed by atoms with Gasteiger partial charge in [-0.25, -0.2) is 4.39 Å². The zero-order valence-corrected chi connectivity index (χ0v) is 17.8. The van der Waals surface area contributed by atoms with Crippen molar-refractivity contribution in [3.63, 3.8) is 0 Å². The van der Waals surface area contributed by atoms with Gasteiger partial charge < -0.3 is 9.80 Å². The number of amides is 2. The molecule has 0 aromatic heterocycles. The van der Waals surface area contributed by atoms with Crippen molar-refractivity contribution in [3.05, 3.63) is 34.6 Å². The predicted molar refractivity (Wildman–Crippen MR) is 109 cm³/mol. The number of likely N-dealkylation sites (tertiary alicyclic amines) is 1. The van der Waals surface area contributed by atoms with Crippen LogP contribution in [0, 0.1) is 5.82 Å². The van der Waals surface area contributed by atoms with E-state index in [9.17, 15) is 14.0 Å². The van der Waals surface area contributed by atoms with Crippen LogP contribution in [0.2, 0.25) is 5.02 Å². The molecule has 1 N–H and O–H groups in total. The van der Waals surface area contributed by atoms with Gasteiger partial charge in [0.15, 0.2) is 0 Å². The van der Waals surface area contributed by atoms with E-state index in [1.165, 1.54) is 6.07 Å². The Labute approximate surface area is 179 Å². The van der Waals surface area contributed by atoms with Crippen LogP contribution in [0.5, 0.6) is 0 Å². The molecule has 1 aromatic carbocycles. The maximum Gasteiger partial charge on any atom is 0.313 e. The molecule has 29 heavy (non-hydrogen) atoms. The number of hydrogen-bond acceptors (Lipinski definition) is 4. The van der Waals surface area contributed by atoms with Crippen molar-refractivity contribution in [2.24, 2.45) is 0 Å². The minimum absolute atomic E-state index is 0.0140. The van der Waals surface area contributed by atoms with E-state index in [0.29, 0.717) is 19.5 Å². The summed E-state index contributed by atoms with van der Waals surface area (Å²) in [6, 6.07) is 4.70. The first-order chi connectivity index (χ1) is 13.8. The first-order valence-electron chi connectivity index (χ1n) is 9.98. The standard InChI is InChI=1S/C20H25Cl2FN4O2/c1-25-17-9-13(21)10-24-18(17)27(20(29)19(25)28)14-4-6-26(7-5-14)11-12-2-3-16(23)15(22)8-12/h2-3,8,13-14,17-18,24H,4-7,9-11H2,1H3. The topological polar surface area (TPSA) is 55.9 Å². The molecule has 6 nitrogen and oxygen atoms in total. The molecular weight excluding hydrogens is 418 g/mol. The van der Waals surface area contributed by atoms with Gasteiger partial charge in [-0.05, 0) is 37.0 Å². The highest BCUT2D eigenvalue weighted by molar-refractivity contribution is 6.35. The normalized spacial score (nSPS) is 29.3. The maximum absolute atomic E-state index is 13.4. The van der Waals surface area contributed by atoms with E-state index in [1.807, 2.05) is 0 Å². The number of nitrogens with one attached hydrogen (secondary N) is 1. The van der Waals surface area contributed by atoms with E-state index >= 15 is 0 Å². The lowest BCUT2D eigenvalue weighted by molar-refractivity contribution is -0.167. The van der Waals surface area contributed by atoms with Crippen molar-refractivity contribution < 1.29 is 14.0 Å². The second-order valence-electron chi connectivity index (χ2n) is 8.14. The van der Waals surface area contributed by atoms with Crippen molar-refractivity contribution in [2.75, 3.05) is 26.7 Å². The summed E-state index contributed by atoms with van der Waals surface area (Å²) >= 11 is 12.2. The van der Waals surface area contributed by atoms with Crippen molar-refractivity contribution in [1.82, 2.24) is 20.0 Å². The molecule has 3 saturated heterocycles. The Balaban J connectivity index is 1.42. The number of likely N-dealkylation sites (N-methyl/N-ethyl adjacent to an activating group) is 1. The number of fused-ring (bicyclic) bond motifs is 1. The maximum atomic E-state index is 13.4. The molecule has 0 aliphatic carbocycles. The number of nitrogens with zero attached hydrogens (tertiary/aromatic N) is 3. The Morgan fingerprint density at radius 1 is 1.21 bits per heavy atom. The smallest absolute Gasteiger partial charge is 0.313 e. The third-order valence-electron chi connectivity index (χ3n) is 6.29. The Morgan fingerprint density at radius 2 is 1.93 bits per heavy atom. The molecule has 3 unspecified atom stereocenters. The number of piperidine rings is 2. The van der Waals surface area contributed by atoms with Gasteiger partial charge in [0.1, 0.15) is 12.0 Å². The molecule has 3 aliphatic rings. The number of piperazine rings is 1. The van der Waals surface area contributed by atoms with Crippen LogP contribution in [-0.4, -0.2) is 76.8 Å². The molecule has 3 aliphatic heterocycles. The number of benzene rings is 1. The van der Waals surface area contributed by atoms with E-state index in [0.717, 1.165) is 31.5 Å². The lowest BCUT2D eigenvalue weighted by Gasteiger charge is -2.52. The first kappa shape index (κ1) is 20.8. The number of carbonyl (C=O) groups excluding carboxylic acids is 2. The lowest BCUT2D eigenvalue weighted by Crippen LogP contribution is -2.73. The fraction of sp³-hybridized carbons (Fsp3) is 0.600. The van der Waals surface area contributed by atoms with Crippen molar-refractivity contribution in [1.29, 1.82) is 0 Å². The van der Waals surface area contributed by atoms with Crippen LogP contribution in [0.4, 0.5) is 4.39 Å². The van der Waals surface area contributed by atoms with Gasteiger partial charge in [0.2, 0.25) is 0 Å². The summed E-state index contributed by atoms with van der Waals surface area (Å²) in [5.41, 5.74) is 0.961. The molecule has 0 saturated carbocycles. The molecule has 2 amide bonds. The number of carbonyl (C=O) groups is 2. The van der Waals surface area contributed by atoms with Crippen molar-refractivity contribution in [3.8, 4) is 0 Å². The van der Waals surface area contributed by atoms with Gasteiger partial charge >= 0.3 is 11.8 Å². The van der Waals surface area contributed by atoms with Gasteiger partial charge in [-0.2, -0.15) is 0 Å². The van der Waals surface area contributed by atoms with Crippen molar-refractivity contribution in [2.45, 2.75) is 49.4 Å². The highest BCUT2D eigenvalue weighted by Crippen LogP contribution is 2.30. The predicted octanol–water partition coefficient (Wildman–Crippen LogP) is 2.04. The average molecular weight is 443 g/mol. The number of alkyl halides is 1. The van der Waals surface area contributed by atoms with Crippen LogP contribution >= 0.6 is 23.2 Å². The van der Waals surface area contributed by atoms with Gasteiger partial charge in [-0.15, -0.1) is 11.6 Å². The summed E-state index contributed by atoms with van der Waals surface area (Å²) in [5, 5.41) is 3.46. The number of hydrogen-bond donors (Lipinski definition) is 1. The SMILES string of the molecule is CN1C(=O)C(=O)N(C2CCN(Cc3ccc(F)c(Cl)c3)CC2)C2NCC(Cl)CC21. The molecule has 9 heteroatoms. The van der Waals surface area contributed by atoms with Crippen LogP contribution in [0.15, 0.2) is 18.2 Å². The third kappa shape index (κ3) is 4.10. The summed E-state index contributed by atoms with van der Waals surface area (Å²) in [5.74, 6) is -1.30. The summed E-state index contributed by atoms with van der Waals surface area (Å²) in [4.78, 5) is 30.9. The van der Waals surface area contributed by atoms with Crippen LogP contribution in [0.3, 0.4) is 0 Å². The summed E-state index contributed by atoms with van der Waals surface area (Å²) in [7, 11) is 1.68. The average Bonchev–Trinajstić information content (AvgIpc) is 2.71. The highest BCUT2D eigenvalue weighted by atomic mass is 35.5. The van der Waals surface area contributed by atoms with Gasteiger partial charge in [0, 0.05) is 44.6 Å². The molecule has 3 fully saturated rings. The Morgan fingerprint density at radius 3 is 2.62 bits per heavy atom. The first-order valence-corrected chi connectivity index (χ1v) is 10.8. The second kappa shape index (κ2) is 8.38. The fourth-order valence-corrected chi connectivity index (χ4v) is 5.17. The highest BCUT2D eigenvalue weighted by Gasteiger charge is 2.49. The molecular formula is C20H25Cl2FN4O2. The monoisotopic (exact) mass is 442 g/mol. The van der Waals surface area contributed by atoms with Gasteiger partial charge in [-0.3, -0.25) is 19.8 Å². The minimum atomic E-state index is -0.456. The molecule has 4 rings (SSSR count). The zero-order valence-electron chi connectivity index (χ0n) is 16.3. The second-order valence-corrected chi connectivity index (χ2v) is 9.16. The summed E-state index contributed by atoms with van der Waals surface area (Å²) in [6.07, 6.45) is 2.06. The van der Waals surface area contributed by atoms with E-state index < -0.39 is 17.6 Å². The molecule has 0 spiro atoms. The molecule has 0 bridgehead atoms. The lowest BCUT2D eigenvalue weighted by atomic mass is 9.93. The molecule has 3 heterocycles. The quantitative estimate of drug-likeness (QED) is 0.574. The Kier molecular flexibility index (Phi) is 6.02. The Hall–Kier alpha value is -1.41. The van der Waals surface area contributed by atoms with Gasteiger partial charge in [-0.1, -0.05) is 17.7 Å². The van der Waals surface area contributed by atoms with Gasteiger partial charge in [0.25, 0.3) is 0 Å². The fourth-order valence-electron chi connectivity index (χ4n) is 4.70. The van der Waals surface area contributed by atoms with E-state index in [1.54, 1.807) is 29.0 Å². The van der Waals surface area contributed by atoms with E-state index in [2.05, 4.69) is 10.2 Å². The minimum Gasteiger partial charge on any atom is -0.331 e. The summed E-state index contributed by atoms with van der Waals surface area (Å²) < 4.78 is 13.4. The zero-order chi connectivity index (χ0) is 20.7. The largest absolute Gasteiger partial charge is 0.331 e. The van der Waals surface area contributed by atoms with Crippen LogP contribution in [-0.2, 0) is 16.1 Å². The number of rotatable bonds is 3. The summed E-state index contributed by atoms with van der Waals surface area (Å²) in [6.45, 7) is 2.89.